The molecule has 0 aromatic heterocycles. The molecule has 8 heteroatoms. The average molecular weight is 441 g/mol. The van der Waals surface area contributed by atoms with Crippen molar-refractivity contribution >= 4 is 40.4 Å². The Bertz CT molecular complexity index is 1210. The van der Waals surface area contributed by atoms with Crippen LogP contribution in [0, 0.1) is 11.6 Å². The summed E-state index contributed by atoms with van der Waals surface area (Å²) in [6, 6.07) is 16.0. The van der Waals surface area contributed by atoms with Gasteiger partial charge >= 0.3 is 0 Å². The summed E-state index contributed by atoms with van der Waals surface area (Å²) in [5.41, 5.74) is 0.996. The van der Waals surface area contributed by atoms with E-state index in [1.807, 2.05) is 0 Å². The van der Waals surface area contributed by atoms with Gasteiger partial charge in [0.15, 0.2) is 11.6 Å². The molecule has 0 saturated carbocycles. The highest BCUT2D eigenvalue weighted by atomic mass is 35.5. The molecule has 4 rings (SSSR count). The molecule has 1 aliphatic rings. The van der Waals surface area contributed by atoms with E-state index in [1.54, 1.807) is 48.5 Å². The Labute approximate surface area is 181 Å². The van der Waals surface area contributed by atoms with Crippen molar-refractivity contribution in [3.8, 4) is 5.75 Å². The number of carbonyl (C=O) groups is 2. The molecule has 1 N–H and O–H groups in total. The zero-order valence-corrected chi connectivity index (χ0v) is 16.9. The zero-order chi connectivity index (χ0) is 22.1. The summed E-state index contributed by atoms with van der Waals surface area (Å²) in [5, 5.41) is 3.43. The number of nitrogens with one attached hydrogen (secondary N) is 1. The summed E-state index contributed by atoms with van der Waals surface area (Å²) in [6.07, 6.45) is 0. The van der Waals surface area contributed by atoms with Gasteiger partial charge in [-0.25, -0.2) is 13.7 Å². The number of anilines is 2. The third-order valence-corrected chi connectivity index (χ3v) is 4.99. The summed E-state index contributed by atoms with van der Waals surface area (Å²) < 4.78 is 32.3. The van der Waals surface area contributed by atoms with Crippen LogP contribution in [0.25, 0.3) is 5.57 Å². The number of nitrogens with zero attached hydrogens (tertiary/aromatic N) is 1. The molecule has 3 aromatic rings. The van der Waals surface area contributed by atoms with E-state index in [0.717, 1.165) is 17.0 Å². The Morgan fingerprint density at radius 2 is 1.55 bits per heavy atom. The van der Waals surface area contributed by atoms with Crippen LogP contribution in [0.15, 0.2) is 72.4 Å². The molecule has 0 unspecified atom stereocenters. The number of hydrogen-bond donors (Lipinski definition) is 1. The van der Waals surface area contributed by atoms with E-state index in [9.17, 15) is 18.4 Å². The van der Waals surface area contributed by atoms with Crippen molar-refractivity contribution in [3.05, 3.63) is 94.6 Å². The van der Waals surface area contributed by atoms with Crippen LogP contribution in [0.1, 0.15) is 5.56 Å². The SMILES string of the molecule is COc1ccc(NC2=C(c3ccc(Cl)cc3)C(=O)N(c3ccc(F)c(F)c3)C2=O)cc1. The zero-order valence-electron chi connectivity index (χ0n) is 16.2. The first-order valence-corrected chi connectivity index (χ1v) is 9.52. The van der Waals surface area contributed by atoms with E-state index >= 15 is 0 Å². The molecule has 156 valence electrons. The Morgan fingerprint density at radius 3 is 2.16 bits per heavy atom. The van der Waals surface area contributed by atoms with Crippen molar-refractivity contribution < 1.29 is 23.1 Å². The quantitative estimate of drug-likeness (QED) is 0.566. The third kappa shape index (κ3) is 3.87. The molecule has 31 heavy (non-hydrogen) atoms. The van der Waals surface area contributed by atoms with E-state index in [2.05, 4.69) is 5.32 Å². The van der Waals surface area contributed by atoms with Crippen LogP contribution in [-0.2, 0) is 9.59 Å². The highest BCUT2D eigenvalue weighted by Crippen LogP contribution is 2.34. The number of amides is 2. The monoisotopic (exact) mass is 440 g/mol. The maximum Gasteiger partial charge on any atom is 0.282 e. The van der Waals surface area contributed by atoms with Crippen molar-refractivity contribution in [1.29, 1.82) is 0 Å². The fourth-order valence-electron chi connectivity index (χ4n) is 3.21. The van der Waals surface area contributed by atoms with Crippen LogP contribution >= 0.6 is 11.6 Å². The molecular weight excluding hydrogens is 426 g/mol. The highest BCUT2D eigenvalue weighted by Gasteiger charge is 2.40. The van der Waals surface area contributed by atoms with Crippen molar-refractivity contribution in [2.75, 3.05) is 17.3 Å². The largest absolute Gasteiger partial charge is 0.497 e. The van der Waals surface area contributed by atoms with Gasteiger partial charge in [-0.15, -0.1) is 0 Å². The lowest BCUT2D eigenvalue weighted by Crippen LogP contribution is -2.32. The Hall–Kier alpha value is -3.71. The Balaban J connectivity index is 1.80. The second-order valence-electron chi connectivity index (χ2n) is 6.65. The van der Waals surface area contributed by atoms with Crippen molar-refractivity contribution in [1.82, 2.24) is 0 Å². The molecule has 1 heterocycles. The molecule has 1 aliphatic heterocycles. The van der Waals surface area contributed by atoms with Gasteiger partial charge < -0.3 is 10.1 Å². The molecule has 5 nitrogen and oxygen atoms in total. The minimum absolute atomic E-state index is 0.00206. The fraction of sp³-hybridized carbons (Fsp3) is 0.0435. The van der Waals surface area contributed by atoms with Crippen LogP contribution in [0.3, 0.4) is 0 Å². The van der Waals surface area contributed by atoms with Crippen LogP contribution < -0.4 is 15.0 Å². The molecule has 0 bridgehead atoms. The lowest BCUT2D eigenvalue weighted by Gasteiger charge is -2.15. The molecular formula is C23H15ClF2N2O3. The van der Waals surface area contributed by atoms with Crippen LogP contribution in [0.2, 0.25) is 5.02 Å². The van der Waals surface area contributed by atoms with E-state index in [1.165, 1.54) is 13.2 Å². The summed E-state index contributed by atoms with van der Waals surface area (Å²) in [4.78, 5) is 27.2. The number of hydrogen-bond acceptors (Lipinski definition) is 4. The maximum atomic E-state index is 13.8. The topological polar surface area (TPSA) is 58.6 Å². The van der Waals surface area contributed by atoms with Gasteiger partial charge in [0.2, 0.25) is 0 Å². The smallest absolute Gasteiger partial charge is 0.282 e. The third-order valence-electron chi connectivity index (χ3n) is 4.74. The molecule has 0 spiro atoms. The van der Waals surface area contributed by atoms with Gasteiger partial charge in [-0.05, 0) is 54.1 Å². The van der Waals surface area contributed by atoms with Crippen LogP contribution in [0.5, 0.6) is 5.75 Å². The molecule has 0 aliphatic carbocycles. The van der Waals surface area contributed by atoms with Gasteiger partial charge in [0.25, 0.3) is 11.8 Å². The summed E-state index contributed by atoms with van der Waals surface area (Å²) in [6.45, 7) is 0. The predicted octanol–water partition coefficient (Wildman–Crippen LogP) is 5.02. The van der Waals surface area contributed by atoms with E-state index in [-0.39, 0.29) is 17.0 Å². The number of methoxy groups -OCH3 is 1. The van der Waals surface area contributed by atoms with Gasteiger partial charge in [-0.3, -0.25) is 9.59 Å². The Morgan fingerprint density at radius 1 is 0.871 bits per heavy atom. The van der Waals surface area contributed by atoms with Crippen molar-refractivity contribution in [3.63, 3.8) is 0 Å². The second-order valence-corrected chi connectivity index (χ2v) is 7.09. The molecule has 0 fully saturated rings. The summed E-state index contributed by atoms with van der Waals surface area (Å²) in [5.74, 6) is -2.99. The number of carbonyl (C=O) groups excluding carboxylic acids is 2. The second kappa shape index (κ2) is 8.20. The molecule has 0 saturated heterocycles. The first kappa shape index (κ1) is 20.6. The first-order valence-electron chi connectivity index (χ1n) is 9.14. The average Bonchev–Trinajstić information content (AvgIpc) is 3.01. The number of ether oxygens (including phenoxy) is 1. The predicted molar refractivity (Wildman–Crippen MR) is 114 cm³/mol. The Kier molecular flexibility index (Phi) is 5.44. The van der Waals surface area contributed by atoms with Crippen LogP contribution in [-0.4, -0.2) is 18.9 Å². The van der Waals surface area contributed by atoms with Crippen molar-refractivity contribution in [2.45, 2.75) is 0 Å². The number of benzene rings is 3. The lowest BCUT2D eigenvalue weighted by atomic mass is 10.0. The number of halogens is 3. The fourth-order valence-corrected chi connectivity index (χ4v) is 3.33. The van der Waals surface area contributed by atoms with Gasteiger partial charge in [0.1, 0.15) is 11.4 Å². The van der Waals surface area contributed by atoms with Crippen LogP contribution in [0.4, 0.5) is 20.2 Å². The minimum atomic E-state index is -1.16. The normalized spacial score (nSPS) is 13.7. The standard InChI is InChI=1S/C23H15ClF2N2O3/c1-31-17-9-6-15(7-10-17)27-21-20(13-2-4-14(24)5-3-13)22(29)28(23(21)30)16-8-11-18(25)19(26)12-16/h2-12,27H,1H3. The summed E-state index contributed by atoms with van der Waals surface area (Å²) in [7, 11) is 1.53. The maximum absolute atomic E-state index is 13.8. The molecule has 2 amide bonds. The van der Waals surface area contributed by atoms with Gasteiger partial charge in [0, 0.05) is 16.8 Å². The highest BCUT2D eigenvalue weighted by molar-refractivity contribution is 6.46. The number of rotatable bonds is 5. The van der Waals surface area contributed by atoms with Gasteiger partial charge in [0.05, 0.1) is 18.4 Å². The first-order chi connectivity index (χ1) is 14.9. The van der Waals surface area contributed by atoms with Gasteiger partial charge in [-0.1, -0.05) is 23.7 Å². The summed E-state index contributed by atoms with van der Waals surface area (Å²) >= 11 is 5.95. The molecule has 0 radical (unpaired) electrons. The van der Waals surface area contributed by atoms with Gasteiger partial charge in [-0.2, -0.15) is 0 Å². The molecule has 0 atom stereocenters. The van der Waals surface area contributed by atoms with E-state index in [0.29, 0.717) is 22.0 Å². The lowest BCUT2D eigenvalue weighted by molar-refractivity contribution is -0.120. The van der Waals surface area contributed by atoms with E-state index in [4.69, 9.17) is 16.3 Å². The minimum Gasteiger partial charge on any atom is -0.497 e. The van der Waals surface area contributed by atoms with E-state index < -0.39 is 23.4 Å². The number of imide groups is 1. The van der Waals surface area contributed by atoms with Crippen molar-refractivity contribution in [2.24, 2.45) is 0 Å². The molecule has 3 aromatic carbocycles.